The van der Waals surface area contributed by atoms with Gasteiger partial charge in [-0.05, 0) is 11.8 Å². The van der Waals surface area contributed by atoms with Gasteiger partial charge >= 0.3 is 6.18 Å². The van der Waals surface area contributed by atoms with Gasteiger partial charge in [0, 0.05) is 0 Å². The van der Waals surface area contributed by atoms with Crippen LogP contribution in [0.3, 0.4) is 0 Å². The lowest BCUT2D eigenvalue weighted by Gasteiger charge is -2.24. The molecule has 0 aromatic rings. The minimum Gasteiger partial charge on any atom is -0.320 e. The Morgan fingerprint density at radius 1 is 1.18 bits per heavy atom. The monoisotopic (exact) mass is 169 g/mol. The van der Waals surface area contributed by atoms with Crippen LogP contribution >= 0.6 is 0 Å². The topological polar surface area (TPSA) is 26.0 Å². The molecule has 0 spiro atoms. The van der Waals surface area contributed by atoms with E-state index >= 15 is 0 Å². The molecule has 0 aromatic carbocycles. The molecule has 0 unspecified atom stereocenters. The summed E-state index contributed by atoms with van der Waals surface area (Å²) in [5.41, 5.74) is 4.55. The summed E-state index contributed by atoms with van der Waals surface area (Å²) in [6.07, 6.45) is -4.29. The molecule has 0 aliphatic rings. The van der Waals surface area contributed by atoms with Crippen LogP contribution in [0.25, 0.3) is 0 Å². The predicted molar refractivity (Wildman–Crippen MR) is 38.1 cm³/mol. The smallest absolute Gasteiger partial charge is 0.320 e. The van der Waals surface area contributed by atoms with E-state index in [-0.39, 0.29) is 11.8 Å². The quantitative estimate of drug-likeness (QED) is 0.640. The minimum atomic E-state index is -4.26. The zero-order valence-corrected chi connectivity index (χ0v) is 7.00. The van der Waals surface area contributed by atoms with Crippen molar-refractivity contribution < 1.29 is 13.2 Å². The number of nitrogens with two attached hydrogens (primary N) is 1. The van der Waals surface area contributed by atoms with Gasteiger partial charge in [0.15, 0.2) is 0 Å². The summed E-state index contributed by atoms with van der Waals surface area (Å²) < 4.78 is 35.6. The van der Waals surface area contributed by atoms with Gasteiger partial charge in [0.1, 0.15) is 6.04 Å². The molecule has 0 bridgehead atoms. The third-order valence-corrected chi connectivity index (χ3v) is 1.25. The van der Waals surface area contributed by atoms with Crippen LogP contribution < -0.4 is 5.73 Å². The van der Waals surface area contributed by atoms with E-state index in [1.165, 1.54) is 0 Å². The number of hydrogen-bond donors (Lipinski definition) is 1. The summed E-state index contributed by atoms with van der Waals surface area (Å²) in [5.74, 6) is 0. The molecule has 0 radical (unpaired) electrons. The minimum absolute atomic E-state index is 0.0312. The maximum atomic E-state index is 11.9. The van der Waals surface area contributed by atoms with Gasteiger partial charge in [-0.25, -0.2) is 0 Å². The van der Waals surface area contributed by atoms with Crippen LogP contribution in [0.15, 0.2) is 0 Å². The van der Waals surface area contributed by atoms with Crippen molar-refractivity contribution in [3.05, 3.63) is 0 Å². The molecule has 0 saturated carbocycles. The molecular weight excluding hydrogens is 155 g/mol. The average Bonchev–Trinajstić information content (AvgIpc) is 1.56. The van der Waals surface area contributed by atoms with E-state index in [1.54, 1.807) is 20.8 Å². The SMILES string of the molecule is CC(C)(C)C[C@@H](N)C(F)(F)F. The largest absolute Gasteiger partial charge is 0.403 e. The molecule has 1 atom stereocenters. The highest BCUT2D eigenvalue weighted by Crippen LogP contribution is 2.28. The highest BCUT2D eigenvalue weighted by Gasteiger charge is 2.38. The van der Waals surface area contributed by atoms with Crippen molar-refractivity contribution in [1.82, 2.24) is 0 Å². The fourth-order valence-electron chi connectivity index (χ4n) is 0.775. The molecule has 1 nitrogen and oxygen atoms in total. The van der Waals surface area contributed by atoms with Crippen molar-refractivity contribution >= 4 is 0 Å². The lowest BCUT2D eigenvalue weighted by atomic mass is 9.88. The van der Waals surface area contributed by atoms with E-state index in [4.69, 9.17) is 5.73 Å². The van der Waals surface area contributed by atoms with Crippen molar-refractivity contribution in [3.63, 3.8) is 0 Å². The van der Waals surface area contributed by atoms with Crippen LogP contribution in [-0.4, -0.2) is 12.2 Å². The molecule has 0 heterocycles. The van der Waals surface area contributed by atoms with E-state index < -0.39 is 12.2 Å². The van der Waals surface area contributed by atoms with E-state index in [1.807, 2.05) is 0 Å². The summed E-state index contributed by atoms with van der Waals surface area (Å²) in [6.45, 7) is 5.20. The molecule has 0 fully saturated rings. The molecule has 0 amide bonds. The van der Waals surface area contributed by atoms with Crippen molar-refractivity contribution in [1.29, 1.82) is 0 Å². The van der Waals surface area contributed by atoms with Gasteiger partial charge in [-0.15, -0.1) is 0 Å². The van der Waals surface area contributed by atoms with Crippen LogP contribution in [0, 0.1) is 5.41 Å². The average molecular weight is 169 g/mol. The molecule has 0 aliphatic carbocycles. The normalized spacial score (nSPS) is 16.6. The maximum Gasteiger partial charge on any atom is 0.403 e. The molecule has 0 aromatic heterocycles. The predicted octanol–water partition coefficient (Wildman–Crippen LogP) is 2.31. The standard InChI is InChI=1S/C7H14F3N/c1-6(2,3)4-5(11)7(8,9)10/h5H,4,11H2,1-3H3/t5-/m1/s1. The van der Waals surface area contributed by atoms with Crippen LogP contribution in [0.2, 0.25) is 0 Å². The lowest BCUT2D eigenvalue weighted by Crippen LogP contribution is -2.40. The van der Waals surface area contributed by atoms with Crippen LogP contribution in [0.4, 0.5) is 13.2 Å². The molecular formula is C7H14F3N. The van der Waals surface area contributed by atoms with Crippen molar-refractivity contribution in [3.8, 4) is 0 Å². The van der Waals surface area contributed by atoms with Crippen LogP contribution in [-0.2, 0) is 0 Å². The first kappa shape index (κ1) is 10.8. The van der Waals surface area contributed by atoms with E-state index in [0.717, 1.165) is 0 Å². The second-order valence-corrected chi connectivity index (χ2v) is 3.91. The third kappa shape index (κ3) is 5.07. The van der Waals surface area contributed by atoms with Gasteiger partial charge in [0.2, 0.25) is 0 Å². The van der Waals surface area contributed by atoms with Crippen molar-refractivity contribution in [2.45, 2.75) is 39.4 Å². The summed E-state index contributed by atoms with van der Waals surface area (Å²) >= 11 is 0. The Kier molecular flexibility index (Phi) is 2.94. The van der Waals surface area contributed by atoms with Gasteiger partial charge in [0.05, 0.1) is 0 Å². The third-order valence-electron chi connectivity index (χ3n) is 1.25. The van der Waals surface area contributed by atoms with Gasteiger partial charge in [-0.3, -0.25) is 0 Å². The second-order valence-electron chi connectivity index (χ2n) is 3.91. The summed E-state index contributed by atoms with van der Waals surface area (Å²) in [7, 11) is 0. The first-order valence-electron chi connectivity index (χ1n) is 3.45. The van der Waals surface area contributed by atoms with Gasteiger partial charge in [0.25, 0.3) is 0 Å². The zero-order chi connectivity index (χ0) is 9.28. The number of rotatable bonds is 1. The number of halogens is 3. The van der Waals surface area contributed by atoms with Crippen LogP contribution in [0.1, 0.15) is 27.2 Å². The Labute approximate surface area is 64.8 Å². The molecule has 0 saturated heterocycles. The van der Waals surface area contributed by atoms with Gasteiger partial charge in [-0.2, -0.15) is 13.2 Å². The number of alkyl halides is 3. The van der Waals surface area contributed by atoms with Crippen molar-refractivity contribution in [2.24, 2.45) is 11.1 Å². The Morgan fingerprint density at radius 3 is 1.64 bits per heavy atom. The Balaban J connectivity index is 3.99. The lowest BCUT2D eigenvalue weighted by molar-refractivity contribution is -0.153. The fourth-order valence-corrected chi connectivity index (χ4v) is 0.775. The molecule has 0 aliphatic heterocycles. The first-order valence-corrected chi connectivity index (χ1v) is 3.45. The molecule has 0 rings (SSSR count). The summed E-state index contributed by atoms with van der Waals surface area (Å²) in [6, 6.07) is -1.69. The van der Waals surface area contributed by atoms with Gasteiger partial charge < -0.3 is 5.73 Å². The van der Waals surface area contributed by atoms with Crippen LogP contribution in [0.5, 0.6) is 0 Å². The summed E-state index contributed by atoms with van der Waals surface area (Å²) in [5, 5.41) is 0. The van der Waals surface area contributed by atoms with Gasteiger partial charge in [-0.1, -0.05) is 20.8 Å². The Bertz CT molecular complexity index is 123. The molecule has 68 valence electrons. The Hall–Kier alpha value is -0.250. The fraction of sp³-hybridized carbons (Fsp3) is 1.00. The Morgan fingerprint density at radius 2 is 1.55 bits per heavy atom. The molecule has 4 heteroatoms. The number of hydrogen-bond acceptors (Lipinski definition) is 1. The second kappa shape index (κ2) is 3.01. The zero-order valence-electron chi connectivity index (χ0n) is 7.00. The maximum absolute atomic E-state index is 11.9. The van der Waals surface area contributed by atoms with E-state index in [0.29, 0.717) is 0 Å². The first-order chi connectivity index (χ1) is 4.63. The molecule has 11 heavy (non-hydrogen) atoms. The summed E-state index contributed by atoms with van der Waals surface area (Å²) in [4.78, 5) is 0. The van der Waals surface area contributed by atoms with E-state index in [2.05, 4.69) is 0 Å². The van der Waals surface area contributed by atoms with E-state index in [9.17, 15) is 13.2 Å². The highest BCUT2D eigenvalue weighted by atomic mass is 19.4. The molecule has 2 N–H and O–H groups in total. The van der Waals surface area contributed by atoms with Crippen molar-refractivity contribution in [2.75, 3.05) is 0 Å². The highest BCUT2D eigenvalue weighted by molar-refractivity contribution is 4.76.